The highest BCUT2D eigenvalue weighted by molar-refractivity contribution is 5.68. The number of rotatable bonds is 8. The van der Waals surface area contributed by atoms with Gasteiger partial charge in [0.2, 0.25) is 0 Å². The van der Waals surface area contributed by atoms with Crippen molar-refractivity contribution in [2.24, 2.45) is 0 Å². The zero-order valence-corrected chi connectivity index (χ0v) is 22.7. The van der Waals surface area contributed by atoms with Crippen LogP contribution in [-0.2, 0) is 66.5 Å². The van der Waals surface area contributed by atoms with E-state index in [1.165, 1.54) is 14.0 Å². The maximum absolute atomic E-state index is 12.1. The van der Waals surface area contributed by atoms with Gasteiger partial charge in [0.25, 0.3) is 0 Å². The van der Waals surface area contributed by atoms with Gasteiger partial charge in [-0.3, -0.25) is 19.2 Å². The molecule has 3 fully saturated rings. The molecule has 3 heterocycles. The molecule has 0 N–H and O–H groups in total. The van der Waals surface area contributed by atoms with Gasteiger partial charge in [-0.2, -0.15) is 0 Å². The first-order chi connectivity index (χ1) is 17.7. The number of hydrogen-bond acceptors (Lipinski definition) is 14. The molecule has 3 aliphatic heterocycles. The van der Waals surface area contributed by atoms with Crippen LogP contribution in [0.4, 0.5) is 0 Å². The van der Waals surface area contributed by atoms with Gasteiger partial charge < -0.3 is 47.4 Å². The number of hydrogen-bond donors (Lipinski definition) is 0. The Balaban J connectivity index is 1.98. The van der Waals surface area contributed by atoms with E-state index in [0.717, 1.165) is 20.8 Å². The molecule has 0 saturated carbocycles. The van der Waals surface area contributed by atoms with Crippen LogP contribution < -0.4 is 0 Å². The lowest BCUT2D eigenvalue weighted by molar-refractivity contribution is -0.346. The van der Waals surface area contributed by atoms with E-state index in [2.05, 4.69) is 0 Å². The van der Waals surface area contributed by atoms with Crippen molar-refractivity contribution in [3.63, 3.8) is 0 Å². The first-order valence-corrected chi connectivity index (χ1v) is 12.2. The third kappa shape index (κ3) is 7.18. The number of ether oxygens (including phenoxy) is 10. The zero-order chi connectivity index (χ0) is 28.4. The summed E-state index contributed by atoms with van der Waals surface area (Å²) in [5.41, 5.74) is 0. The fraction of sp³-hybridized carbons (Fsp3) is 0.833. The summed E-state index contributed by atoms with van der Waals surface area (Å²) in [6.45, 7) is 9.43. The van der Waals surface area contributed by atoms with E-state index in [-0.39, 0.29) is 6.61 Å². The minimum absolute atomic E-state index is 0.376. The van der Waals surface area contributed by atoms with Gasteiger partial charge in [-0.25, -0.2) is 0 Å². The van der Waals surface area contributed by atoms with E-state index < -0.39 is 91.1 Å². The highest BCUT2D eigenvalue weighted by atomic mass is 16.8. The summed E-state index contributed by atoms with van der Waals surface area (Å²) in [5.74, 6) is -3.83. The molecule has 0 bridgehead atoms. The highest BCUT2D eigenvalue weighted by Gasteiger charge is 2.58. The Bertz CT molecular complexity index is 889. The molecule has 0 aromatic heterocycles. The van der Waals surface area contributed by atoms with Crippen LogP contribution in [0.15, 0.2) is 0 Å². The highest BCUT2D eigenvalue weighted by Crippen LogP contribution is 2.40. The van der Waals surface area contributed by atoms with Crippen LogP contribution in [0.5, 0.6) is 0 Å². The van der Waals surface area contributed by atoms with Crippen LogP contribution in [-0.4, -0.2) is 105 Å². The normalized spacial score (nSPS) is 38.0. The first kappa shape index (κ1) is 30.2. The molecule has 0 unspecified atom stereocenters. The summed E-state index contributed by atoms with van der Waals surface area (Å²) >= 11 is 0. The standard InChI is InChI=1S/C24H36O14/c1-10-16(19-21(22(29-8)31-10)38-24(6,7)37-19)36-23-20(34-14(5)28)18(33-13(4)27)17(32-12(3)26)15(35-23)9-30-11(2)25/h10,15-23H,9H2,1-8H3/t10-,15+,16-,17+,18-,19+,20+,21+,22+,23-/m0/s1. The van der Waals surface area contributed by atoms with Gasteiger partial charge in [-0.1, -0.05) is 0 Å². The Kier molecular flexibility index (Phi) is 9.71. The maximum atomic E-state index is 12.1. The molecule has 216 valence electrons. The van der Waals surface area contributed by atoms with Crippen molar-refractivity contribution < 1.29 is 66.5 Å². The Hall–Kier alpha value is -2.36. The van der Waals surface area contributed by atoms with Crippen LogP contribution in [0.2, 0.25) is 0 Å². The van der Waals surface area contributed by atoms with Crippen LogP contribution >= 0.6 is 0 Å². The number of esters is 4. The summed E-state index contributed by atoms with van der Waals surface area (Å²) in [6, 6.07) is 0. The maximum Gasteiger partial charge on any atom is 0.303 e. The van der Waals surface area contributed by atoms with Gasteiger partial charge in [0.05, 0.1) is 6.10 Å². The van der Waals surface area contributed by atoms with Crippen LogP contribution in [0.3, 0.4) is 0 Å². The monoisotopic (exact) mass is 548 g/mol. The van der Waals surface area contributed by atoms with Crippen LogP contribution in [0, 0.1) is 0 Å². The Morgan fingerprint density at radius 3 is 1.82 bits per heavy atom. The van der Waals surface area contributed by atoms with E-state index in [1.54, 1.807) is 20.8 Å². The topological polar surface area (TPSA) is 161 Å². The van der Waals surface area contributed by atoms with Crippen molar-refractivity contribution >= 4 is 23.9 Å². The zero-order valence-electron chi connectivity index (χ0n) is 22.7. The lowest BCUT2D eigenvalue weighted by Gasteiger charge is -2.47. The van der Waals surface area contributed by atoms with Crippen molar-refractivity contribution in [2.45, 2.75) is 116 Å². The molecule has 0 amide bonds. The van der Waals surface area contributed by atoms with Crippen molar-refractivity contribution in [1.82, 2.24) is 0 Å². The van der Waals surface area contributed by atoms with Gasteiger partial charge in [-0.05, 0) is 20.8 Å². The average molecular weight is 549 g/mol. The fourth-order valence-electron chi connectivity index (χ4n) is 4.75. The van der Waals surface area contributed by atoms with E-state index in [1.807, 2.05) is 0 Å². The van der Waals surface area contributed by atoms with Gasteiger partial charge in [-0.15, -0.1) is 0 Å². The Labute approximate surface area is 220 Å². The van der Waals surface area contributed by atoms with Crippen molar-refractivity contribution in [3.8, 4) is 0 Å². The van der Waals surface area contributed by atoms with Crippen molar-refractivity contribution in [2.75, 3.05) is 13.7 Å². The average Bonchev–Trinajstić information content (AvgIpc) is 3.12. The number of carbonyl (C=O) groups is 4. The molecule has 0 aliphatic carbocycles. The lowest BCUT2D eigenvalue weighted by atomic mass is 9.96. The number of carbonyl (C=O) groups excluding carboxylic acids is 4. The van der Waals surface area contributed by atoms with Crippen molar-refractivity contribution in [3.05, 3.63) is 0 Å². The van der Waals surface area contributed by atoms with Gasteiger partial charge in [0.1, 0.15) is 31.0 Å². The Morgan fingerprint density at radius 2 is 1.26 bits per heavy atom. The van der Waals surface area contributed by atoms with E-state index in [9.17, 15) is 19.2 Å². The summed E-state index contributed by atoms with van der Waals surface area (Å²) in [7, 11) is 1.48. The summed E-state index contributed by atoms with van der Waals surface area (Å²) in [6.07, 6.45) is -10.1. The lowest BCUT2D eigenvalue weighted by Crippen LogP contribution is -2.65. The molecule has 3 rings (SSSR count). The second-order valence-electron chi connectivity index (χ2n) is 9.68. The number of fused-ring (bicyclic) bond motifs is 1. The minimum Gasteiger partial charge on any atom is -0.463 e. The second kappa shape index (κ2) is 12.2. The van der Waals surface area contributed by atoms with Crippen molar-refractivity contribution in [1.29, 1.82) is 0 Å². The number of methoxy groups -OCH3 is 1. The SMILES string of the molecule is CO[C@@H]1O[C@@H](C)[C@H](O[C@@H]2O[C@H](COC(C)=O)[C@@H](OC(C)=O)[C@H](OC(C)=O)[C@H]2OC(C)=O)[C@H]2OC(C)(C)O[C@@H]12. The Morgan fingerprint density at radius 1 is 0.711 bits per heavy atom. The predicted octanol–water partition coefficient (Wildman–Crippen LogP) is 0.366. The molecular weight excluding hydrogens is 512 g/mol. The molecular formula is C24H36O14. The fourth-order valence-corrected chi connectivity index (χ4v) is 4.75. The molecule has 3 saturated heterocycles. The quantitative estimate of drug-likeness (QED) is 0.302. The smallest absolute Gasteiger partial charge is 0.303 e. The van der Waals surface area contributed by atoms with E-state index in [0.29, 0.717) is 0 Å². The second-order valence-corrected chi connectivity index (χ2v) is 9.68. The third-order valence-corrected chi connectivity index (χ3v) is 6.04. The molecule has 0 aromatic carbocycles. The minimum atomic E-state index is -1.39. The van der Waals surface area contributed by atoms with Crippen LogP contribution in [0.25, 0.3) is 0 Å². The summed E-state index contributed by atoms with van der Waals surface area (Å²) in [4.78, 5) is 47.6. The van der Waals surface area contributed by atoms with E-state index in [4.69, 9.17) is 47.4 Å². The molecule has 14 nitrogen and oxygen atoms in total. The molecule has 0 spiro atoms. The van der Waals surface area contributed by atoms with Gasteiger partial charge >= 0.3 is 23.9 Å². The summed E-state index contributed by atoms with van der Waals surface area (Å²) in [5, 5.41) is 0. The summed E-state index contributed by atoms with van der Waals surface area (Å²) < 4.78 is 57.2. The third-order valence-electron chi connectivity index (χ3n) is 6.04. The predicted molar refractivity (Wildman–Crippen MR) is 122 cm³/mol. The first-order valence-electron chi connectivity index (χ1n) is 12.2. The molecule has 3 aliphatic rings. The van der Waals surface area contributed by atoms with Crippen LogP contribution in [0.1, 0.15) is 48.5 Å². The molecule has 10 atom stereocenters. The molecule has 14 heteroatoms. The molecule has 38 heavy (non-hydrogen) atoms. The molecule has 0 radical (unpaired) electrons. The molecule has 0 aromatic rings. The largest absolute Gasteiger partial charge is 0.463 e. The van der Waals surface area contributed by atoms with Gasteiger partial charge in [0, 0.05) is 34.8 Å². The van der Waals surface area contributed by atoms with Gasteiger partial charge in [0.15, 0.2) is 36.7 Å². The van der Waals surface area contributed by atoms with E-state index >= 15 is 0 Å².